The van der Waals surface area contributed by atoms with Gasteiger partial charge in [-0.3, -0.25) is 0 Å². The molecule has 0 aliphatic heterocycles. The van der Waals surface area contributed by atoms with E-state index >= 15 is 0 Å². The molecule has 0 N–H and O–H groups in total. The van der Waals surface area contributed by atoms with Crippen LogP contribution < -0.4 is 0 Å². The number of benzene rings is 1. The summed E-state index contributed by atoms with van der Waals surface area (Å²) in [7, 11) is 1.59. The summed E-state index contributed by atoms with van der Waals surface area (Å²) in [6.07, 6.45) is 6.51. The second-order valence-electron chi connectivity index (χ2n) is 5.02. The Bertz CT molecular complexity index is 426. The Morgan fingerprint density at radius 2 is 2.00 bits per heavy atom. The highest BCUT2D eigenvalue weighted by atomic mass is 79.9. The Kier molecular flexibility index (Phi) is 5.71. The molecule has 2 nitrogen and oxygen atoms in total. The summed E-state index contributed by atoms with van der Waals surface area (Å²) in [5, 5.41) is 4.93. The van der Waals surface area contributed by atoms with Gasteiger partial charge in [0.15, 0.2) is 0 Å². The third kappa shape index (κ3) is 4.22. The predicted molar refractivity (Wildman–Crippen MR) is 84.3 cm³/mol. The van der Waals surface area contributed by atoms with Crippen molar-refractivity contribution in [2.24, 2.45) is 11.1 Å². The topological polar surface area (TPSA) is 21.6 Å². The zero-order chi connectivity index (χ0) is 13.7. The molecule has 1 fully saturated rings. The number of rotatable bonds is 5. The van der Waals surface area contributed by atoms with Crippen LogP contribution in [0.25, 0.3) is 0 Å². The fourth-order valence-corrected chi connectivity index (χ4v) is 3.66. The van der Waals surface area contributed by atoms with Gasteiger partial charge in [-0.25, -0.2) is 0 Å². The highest BCUT2D eigenvalue weighted by Gasteiger charge is 2.23. The zero-order valence-corrected chi connectivity index (χ0v) is 13.5. The van der Waals surface area contributed by atoms with E-state index in [1.165, 1.54) is 25.7 Å². The van der Waals surface area contributed by atoms with E-state index in [1.807, 2.05) is 24.3 Å². The van der Waals surface area contributed by atoms with Gasteiger partial charge in [0.1, 0.15) is 12.8 Å². The van der Waals surface area contributed by atoms with Gasteiger partial charge in [-0.15, -0.1) is 0 Å². The molecule has 0 bridgehead atoms. The van der Waals surface area contributed by atoms with Crippen molar-refractivity contribution in [1.82, 2.24) is 0 Å². The first-order chi connectivity index (χ1) is 9.20. The van der Waals surface area contributed by atoms with E-state index < -0.39 is 0 Å². The monoisotopic (exact) mass is 343 g/mol. The number of nitrogens with zero attached hydrogens (tertiary/aromatic N) is 1. The van der Waals surface area contributed by atoms with Gasteiger partial charge in [0, 0.05) is 10.6 Å². The molecular weight excluding hydrogens is 326 g/mol. The minimum atomic E-state index is 0.233. The lowest BCUT2D eigenvalue weighted by atomic mass is 9.97. The molecule has 1 unspecified atom stereocenters. The van der Waals surface area contributed by atoms with Gasteiger partial charge in [0.25, 0.3) is 0 Å². The van der Waals surface area contributed by atoms with Crippen molar-refractivity contribution < 1.29 is 4.84 Å². The van der Waals surface area contributed by atoms with E-state index in [0.29, 0.717) is 0 Å². The van der Waals surface area contributed by atoms with Gasteiger partial charge < -0.3 is 4.84 Å². The molecule has 1 aliphatic rings. The maximum absolute atomic E-state index is 5.93. The van der Waals surface area contributed by atoms with Crippen LogP contribution in [0.5, 0.6) is 0 Å². The highest BCUT2D eigenvalue weighted by molar-refractivity contribution is 9.10. The van der Waals surface area contributed by atoms with Crippen molar-refractivity contribution in [3.05, 3.63) is 34.9 Å². The average Bonchev–Trinajstić information content (AvgIpc) is 2.90. The fraction of sp³-hybridized carbons (Fsp3) is 0.533. The van der Waals surface area contributed by atoms with Crippen molar-refractivity contribution in [2.75, 3.05) is 7.11 Å². The van der Waals surface area contributed by atoms with E-state index in [9.17, 15) is 0 Å². The minimum Gasteiger partial charge on any atom is -0.399 e. The molecule has 4 heteroatoms. The molecule has 1 aliphatic carbocycles. The summed E-state index contributed by atoms with van der Waals surface area (Å²) in [5.41, 5.74) is 2.01. The molecule has 1 aromatic carbocycles. The fourth-order valence-electron chi connectivity index (χ4n) is 2.66. The van der Waals surface area contributed by atoms with Crippen molar-refractivity contribution in [3.8, 4) is 0 Å². The maximum Gasteiger partial charge on any atom is 0.106 e. The summed E-state index contributed by atoms with van der Waals surface area (Å²) in [4.78, 5) is 5.23. The molecule has 0 heterocycles. The van der Waals surface area contributed by atoms with E-state index in [-0.39, 0.29) is 4.83 Å². The van der Waals surface area contributed by atoms with Gasteiger partial charge in [-0.2, -0.15) is 0 Å². The lowest BCUT2D eigenvalue weighted by molar-refractivity contribution is 0.212. The third-order valence-corrected chi connectivity index (χ3v) is 4.70. The smallest absolute Gasteiger partial charge is 0.106 e. The molecule has 0 radical (unpaired) electrons. The molecule has 1 saturated carbocycles. The standard InChI is InChI=1S/C15H19BrClNO/c1-19-18-15(12-6-8-13(17)9-7-12)14(16)10-11-4-2-3-5-11/h6-9,11,14H,2-5,10H2,1H3. The van der Waals surface area contributed by atoms with Crippen molar-refractivity contribution in [3.63, 3.8) is 0 Å². The summed E-state index contributed by atoms with van der Waals surface area (Å²) < 4.78 is 0. The van der Waals surface area contributed by atoms with E-state index in [0.717, 1.165) is 28.6 Å². The SMILES string of the molecule is CON=C(c1ccc(Cl)cc1)C(Br)CC1CCCC1. The first-order valence-electron chi connectivity index (χ1n) is 6.71. The van der Waals surface area contributed by atoms with Gasteiger partial charge in [-0.1, -0.05) is 70.5 Å². The lowest BCUT2D eigenvalue weighted by Gasteiger charge is -2.16. The van der Waals surface area contributed by atoms with E-state index in [4.69, 9.17) is 16.4 Å². The van der Waals surface area contributed by atoms with Gasteiger partial charge in [-0.05, 0) is 24.5 Å². The Labute approximate surface area is 128 Å². The normalized spacial score (nSPS) is 18.6. The molecule has 1 aromatic rings. The number of hydrogen-bond acceptors (Lipinski definition) is 2. The van der Waals surface area contributed by atoms with Crippen LogP contribution in [0.3, 0.4) is 0 Å². The van der Waals surface area contributed by atoms with Crippen LogP contribution in [0, 0.1) is 5.92 Å². The summed E-state index contributed by atoms with van der Waals surface area (Å²) in [6.45, 7) is 0. The Balaban J connectivity index is 2.10. The van der Waals surface area contributed by atoms with Gasteiger partial charge in [0.05, 0.1) is 4.83 Å². The van der Waals surface area contributed by atoms with Crippen LogP contribution in [0.2, 0.25) is 5.02 Å². The largest absolute Gasteiger partial charge is 0.399 e. The molecule has 2 rings (SSSR count). The Morgan fingerprint density at radius 1 is 1.37 bits per heavy atom. The van der Waals surface area contributed by atoms with Crippen molar-refractivity contribution in [2.45, 2.75) is 36.9 Å². The zero-order valence-electron chi connectivity index (χ0n) is 11.1. The average molecular weight is 345 g/mol. The van der Waals surface area contributed by atoms with Crippen LogP contribution in [-0.2, 0) is 4.84 Å². The Morgan fingerprint density at radius 3 is 2.58 bits per heavy atom. The number of oxime groups is 1. The summed E-state index contributed by atoms with van der Waals surface area (Å²) in [5.74, 6) is 0.804. The predicted octanol–water partition coefficient (Wildman–Crippen LogP) is 5.03. The van der Waals surface area contributed by atoms with E-state index in [2.05, 4.69) is 21.1 Å². The first kappa shape index (κ1) is 14.9. The second-order valence-corrected chi connectivity index (χ2v) is 6.56. The molecule has 1 atom stereocenters. The van der Waals surface area contributed by atoms with E-state index in [1.54, 1.807) is 7.11 Å². The molecule has 0 aromatic heterocycles. The molecular formula is C15H19BrClNO. The molecule has 19 heavy (non-hydrogen) atoms. The van der Waals surface area contributed by atoms with Crippen molar-refractivity contribution in [1.29, 1.82) is 0 Å². The first-order valence-corrected chi connectivity index (χ1v) is 8.01. The number of hydrogen-bond donors (Lipinski definition) is 0. The summed E-state index contributed by atoms with van der Waals surface area (Å²) >= 11 is 9.69. The van der Waals surface area contributed by atoms with Crippen LogP contribution in [0.1, 0.15) is 37.7 Å². The van der Waals surface area contributed by atoms with Gasteiger partial charge in [0.2, 0.25) is 0 Å². The van der Waals surface area contributed by atoms with Crippen LogP contribution >= 0.6 is 27.5 Å². The minimum absolute atomic E-state index is 0.233. The van der Waals surface area contributed by atoms with Crippen LogP contribution in [-0.4, -0.2) is 17.6 Å². The van der Waals surface area contributed by atoms with Gasteiger partial charge >= 0.3 is 0 Å². The second kappa shape index (κ2) is 7.30. The molecule has 0 amide bonds. The molecule has 104 valence electrons. The molecule has 0 saturated heterocycles. The van der Waals surface area contributed by atoms with Crippen LogP contribution in [0.4, 0.5) is 0 Å². The lowest BCUT2D eigenvalue weighted by Crippen LogP contribution is -2.19. The van der Waals surface area contributed by atoms with Crippen LogP contribution in [0.15, 0.2) is 29.4 Å². The summed E-state index contributed by atoms with van der Waals surface area (Å²) in [6, 6.07) is 7.75. The third-order valence-electron chi connectivity index (χ3n) is 3.64. The highest BCUT2D eigenvalue weighted by Crippen LogP contribution is 2.31. The molecule has 0 spiro atoms. The Hall–Kier alpha value is -0.540. The van der Waals surface area contributed by atoms with Crippen molar-refractivity contribution >= 4 is 33.2 Å². The maximum atomic E-state index is 5.93. The number of alkyl halides is 1. The number of halogens is 2. The quantitative estimate of drug-likeness (QED) is 0.417.